The first-order valence-corrected chi connectivity index (χ1v) is 24.3. The molecule has 2 aromatic heterocycles. The summed E-state index contributed by atoms with van der Waals surface area (Å²) < 4.78 is 2.64. The second-order valence-electron chi connectivity index (χ2n) is 18.0. The summed E-state index contributed by atoms with van der Waals surface area (Å²) in [5.41, 5.74) is 19.9. The van der Waals surface area contributed by atoms with E-state index in [1.807, 2.05) is 23.1 Å². The van der Waals surface area contributed by atoms with Crippen molar-refractivity contribution in [2.75, 3.05) is 0 Å². The van der Waals surface area contributed by atoms with Crippen LogP contribution in [0.2, 0.25) is 0 Å². The summed E-state index contributed by atoms with van der Waals surface area (Å²) in [6.45, 7) is 0. The quantitative estimate of drug-likeness (QED) is 0.164. The van der Waals surface area contributed by atoms with E-state index in [-0.39, 0.29) is 5.25 Å². The Hall–Kier alpha value is -7.30. The second kappa shape index (κ2) is 13.4. The van der Waals surface area contributed by atoms with E-state index >= 15 is 0 Å². The van der Waals surface area contributed by atoms with Crippen LogP contribution in [0.5, 0.6) is 0 Å². The lowest BCUT2D eigenvalue weighted by Gasteiger charge is -2.30. The maximum atomic E-state index is 5.73. The van der Waals surface area contributed by atoms with E-state index < -0.39 is 5.41 Å². The predicted octanol–water partition coefficient (Wildman–Crippen LogP) is 16.6. The first-order chi connectivity index (χ1) is 32.2. The van der Waals surface area contributed by atoms with Crippen LogP contribution in [0, 0.1) is 0 Å². The first kappa shape index (κ1) is 36.1. The van der Waals surface area contributed by atoms with Crippen molar-refractivity contribution in [1.29, 1.82) is 0 Å². The molecule has 2 unspecified atom stereocenters. The fourth-order valence-corrected chi connectivity index (χ4v) is 14.9. The number of hydrogen-bond donors (Lipinski definition) is 0. The predicted molar refractivity (Wildman–Crippen MR) is 275 cm³/mol. The summed E-state index contributed by atoms with van der Waals surface area (Å²) in [6.07, 6.45) is 7.07. The standard InChI is InChI=1S/C62H37NS2/c1-7-25-52-41(15-1)42-16-2-8-26-53(42)62(52)54-27-9-3-17-43(54)50-34-49-44-18-4-10-28-56(44)63-59(51(49)35-55(50)62)38-32-36(39-21-13-23-47-45-19-5-11-29-57(45)64-60(39)47)31-37(33-38)40-22-14-24-48-46-20-6-12-30-58(46)65-61(40)48/h1-35,47,60H. The van der Waals surface area contributed by atoms with Gasteiger partial charge in [0.05, 0.1) is 16.6 Å². The minimum Gasteiger partial charge on any atom is -0.247 e. The van der Waals surface area contributed by atoms with E-state index in [9.17, 15) is 0 Å². The Balaban J connectivity index is 1.03. The van der Waals surface area contributed by atoms with Gasteiger partial charge in [-0.1, -0.05) is 164 Å². The molecule has 1 aliphatic heterocycles. The van der Waals surface area contributed by atoms with Crippen molar-refractivity contribution in [3.05, 3.63) is 246 Å². The third-order valence-corrected chi connectivity index (χ3v) is 17.5. The maximum absolute atomic E-state index is 5.73. The highest BCUT2D eigenvalue weighted by molar-refractivity contribution is 8.00. The zero-order chi connectivity index (χ0) is 42.4. The Morgan fingerprint density at radius 1 is 0.446 bits per heavy atom. The molecule has 4 aliphatic rings. The molecule has 11 aromatic rings. The van der Waals surface area contributed by atoms with Gasteiger partial charge in [-0.15, -0.1) is 23.1 Å². The molecule has 0 N–H and O–H groups in total. The lowest BCUT2D eigenvalue weighted by Crippen LogP contribution is -2.25. The number of para-hydroxylation sites is 1. The number of rotatable bonds is 3. The normalized spacial score (nSPS) is 17.0. The minimum absolute atomic E-state index is 0.283. The summed E-state index contributed by atoms with van der Waals surface area (Å²) >= 11 is 3.91. The summed E-state index contributed by atoms with van der Waals surface area (Å²) in [7, 11) is 0. The van der Waals surface area contributed by atoms with Gasteiger partial charge in [0.25, 0.3) is 0 Å². The fraction of sp³-hybridized carbons (Fsp3) is 0.0484. The van der Waals surface area contributed by atoms with Crippen LogP contribution in [0.4, 0.5) is 0 Å². The van der Waals surface area contributed by atoms with Crippen molar-refractivity contribution in [2.45, 2.75) is 21.5 Å². The topological polar surface area (TPSA) is 12.9 Å². The van der Waals surface area contributed by atoms with E-state index in [2.05, 4.69) is 212 Å². The number of fused-ring (bicyclic) bond motifs is 19. The molecule has 3 heteroatoms. The number of aromatic nitrogens is 1. The molecule has 0 fully saturated rings. The molecule has 0 bridgehead atoms. The number of allylic oxidation sites excluding steroid dienone is 3. The molecule has 0 saturated carbocycles. The van der Waals surface area contributed by atoms with Crippen molar-refractivity contribution < 1.29 is 0 Å². The molecule has 0 radical (unpaired) electrons. The fourth-order valence-electron chi connectivity index (χ4n) is 12.1. The third-order valence-electron chi connectivity index (χ3n) is 14.8. The molecule has 9 aromatic carbocycles. The number of hydrogen-bond acceptors (Lipinski definition) is 3. The molecule has 3 heterocycles. The average molecular weight is 860 g/mol. The molecule has 15 rings (SSSR count). The minimum atomic E-state index is -0.455. The monoisotopic (exact) mass is 859 g/mol. The van der Waals surface area contributed by atoms with Gasteiger partial charge >= 0.3 is 0 Å². The molecule has 302 valence electrons. The molecule has 0 saturated heterocycles. The van der Waals surface area contributed by atoms with Crippen molar-refractivity contribution in [1.82, 2.24) is 4.98 Å². The van der Waals surface area contributed by atoms with Gasteiger partial charge < -0.3 is 0 Å². The highest BCUT2D eigenvalue weighted by atomic mass is 32.2. The summed E-state index contributed by atoms with van der Waals surface area (Å²) in [5.74, 6) is 0.325. The highest BCUT2D eigenvalue weighted by Crippen LogP contribution is 2.63. The highest BCUT2D eigenvalue weighted by Gasteiger charge is 2.51. The van der Waals surface area contributed by atoms with Crippen LogP contribution < -0.4 is 0 Å². The van der Waals surface area contributed by atoms with Gasteiger partial charge in [0, 0.05) is 52.6 Å². The van der Waals surface area contributed by atoms with Gasteiger partial charge in [-0.25, -0.2) is 4.98 Å². The molecular formula is C62H37NS2. The van der Waals surface area contributed by atoms with Crippen molar-refractivity contribution in [2.24, 2.45) is 0 Å². The summed E-state index contributed by atoms with van der Waals surface area (Å²) in [5, 5.41) is 6.49. The van der Waals surface area contributed by atoms with Crippen molar-refractivity contribution in [3.8, 4) is 44.6 Å². The Morgan fingerprint density at radius 3 is 1.89 bits per heavy atom. The van der Waals surface area contributed by atoms with E-state index in [4.69, 9.17) is 4.98 Å². The largest absolute Gasteiger partial charge is 0.247 e. The summed E-state index contributed by atoms with van der Waals surface area (Å²) in [6, 6.07) is 73.2. The van der Waals surface area contributed by atoms with Gasteiger partial charge in [-0.05, 0) is 126 Å². The lowest BCUT2D eigenvalue weighted by molar-refractivity contribution is 0.795. The molecule has 2 atom stereocenters. The second-order valence-corrected chi connectivity index (χ2v) is 20.2. The van der Waals surface area contributed by atoms with Crippen LogP contribution in [0.1, 0.15) is 39.3 Å². The van der Waals surface area contributed by atoms with Gasteiger partial charge in [-0.3, -0.25) is 0 Å². The van der Waals surface area contributed by atoms with Crippen LogP contribution in [0.15, 0.2) is 217 Å². The number of thiophene rings is 1. The average Bonchev–Trinajstić information content (AvgIpc) is 4.11. The van der Waals surface area contributed by atoms with Gasteiger partial charge in [0.1, 0.15) is 0 Å². The molecule has 0 amide bonds. The summed E-state index contributed by atoms with van der Waals surface area (Å²) in [4.78, 5) is 7.11. The molecule has 3 aliphatic carbocycles. The third kappa shape index (κ3) is 4.87. The van der Waals surface area contributed by atoms with E-state index in [0.717, 1.165) is 16.8 Å². The van der Waals surface area contributed by atoms with Gasteiger partial charge in [-0.2, -0.15) is 0 Å². The first-order valence-electron chi connectivity index (χ1n) is 22.6. The van der Waals surface area contributed by atoms with Crippen molar-refractivity contribution in [3.63, 3.8) is 0 Å². The van der Waals surface area contributed by atoms with Crippen molar-refractivity contribution >= 4 is 70.5 Å². The Labute approximate surface area is 385 Å². The zero-order valence-electron chi connectivity index (χ0n) is 35.1. The Kier molecular flexibility index (Phi) is 7.42. The molecular weight excluding hydrogens is 823 g/mol. The Morgan fingerprint density at radius 2 is 1.08 bits per heavy atom. The van der Waals surface area contributed by atoms with Gasteiger partial charge in [0.15, 0.2) is 0 Å². The zero-order valence-corrected chi connectivity index (χ0v) is 36.8. The smallest absolute Gasteiger partial charge is 0.0788 e. The molecule has 1 spiro atoms. The number of benzene rings is 9. The molecule has 65 heavy (non-hydrogen) atoms. The lowest BCUT2D eigenvalue weighted by atomic mass is 9.70. The number of thioether (sulfide) groups is 1. The van der Waals surface area contributed by atoms with Crippen LogP contribution in [-0.2, 0) is 5.41 Å². The van der Waals surface area contributed by atoms with E-state index in [1.165, 1.54) is 114 Å². The number of nitrogens with zero attached hydrogens (tertiary/aromatic N) is 1. The van der Waals surface area contributed by atoms with Crippen LogP contribution in [-0.4, -0.2) is 10.2 Å². The molecule has 1 nitrogen and oxygen atoms in total. The SMILES string of the molecule is C1=CC2c3ccccc3SC2C(c2cc(-c3nc4ccccc4c4cc5c(cc34)C3(c4ccccc4-c4ccccc43)c3ccccc3-5)cc(-c3cccc4c3sc3ccccc34)c2)=C1. The Bertz CT molecular complexity index is 3910. The number of pyridine rings is 1. The van der Waals surface area contributed by atoms with Crippen LogP contribution >= 0.6 is 23.1 Å². The van der Waals surface area contributed by atoms with E-state index in [0.29, 0.717) is 5.92 Å². The van der Waals surface area contributed by atoms with E-state index in [1.54, 1.807) is 0 Å². The van der Waals surface area contributed by atoms with Crippen LogP contribution in [0.3, 0.4) is 0 Å². The van der Waals surface area contributed by atoms with Gasteiger partial charge in [0.2, 0.25) is 0 Å². The van der Waals surface area contributed by atoms with Crippen LogP contribution in [0.25, 0.3) is 92.1 Å². The maximum Gasteiger partial charge on any atom is 0.0788 e.